The Bertz CT molecular complexity index is 466. The van der Waals surface area contributed by atoms with Crippen LogP contribution in [0.15, 0.2) is 18.2 Å². The van der Waals surface area contributed by atoms with Crippen LogP contribution < -0.4 is 10.1 Å². The minimum Gasteiger partial charge on any atom is -0.490 e. The number of ether oxygens (including phenoxy) is 2. The summed E-state index contributed by atoms with van der Waals surface area (Å²) in [5.41, 5.74) is 0.333. The topological polar surface area (TPSA) is 67.8 Å². The summed E-state index contributed by atoms with van der Waals surface area (Å²) in [6, 6.07) is 3.77. The highest BCUT2D eigenvalue weighted by Gasteiger charge is 2.30. The first kappa shape index (κ1) is 13.6. The van der Waals surface area contributed by atoms with Gasteiger partial charge >= 0.3 is 6.09 Å². The van der Waals surface area contributed by atoms with Crippen LogP contribution in [0.2, 0.25) is 0 Å². The second-order valence-electron chi connectivity index (χ2n) is 4.21. The minimum absolute atomic E-state index is 0.0446. The Morgan fingerprint density at radius 2 is 2.42 bits per heavy atom. The van der Waals surface area contributed by atoms with E-state index in [1.165, 1.54) is 12.1 Å². The molecule has 1 aliphatic heterocycles. The number of fused-ring (bicyclic) bond motifs is 1. The Kier molecular flexibility index (Phi) is 4.21. The Hall–Kier alpha value is -1.82. The molecule has 0 saturated carbocycles. The number of aliphatic hydroxyl groups is 1. The number of amides is 1. The number of hydrogen-bond acceptors (Lipinski definition) is 4. The molecule has 1 aliphatic rings. The van der Waals surface area contributed by atoms with Crippen LogP contribution in [0.5, 0.6) is 5.75 Å². The second kappa shape index (κ2) is 5.88. The lowest BCUT2D eigenvalue weighted by molar-refractivity contribution is 0.105. The Morgan fingerprint density at radius 1 is 1.63 bits per heavy atom. The van der Waals surface area contributed by atoms with Crippen molar-refractivity contribution in [2.45, 2.75) is 25.5 Å². The molecule has 1 amide bonds. The number of rotatable bonds is 2. The number of hydrogen-bond donors (Lipinski definition) is 2. The predicted octanol–water partition coefficient (Wildman–Crippen LogP) is 1.76. The van der Waals surface area contributed by atoms with Gasteiger partial charge in [-0.3, -0.25) is 0 Å². The van der Waals surface area contributed by atoms with E-state index < -0.39 is 24.1 Å². The summed E-state index contributed by atoms with van der Waals surface area (Å²) in [6.07, 6.45) is -1.27. The summed E-state index contributed by atoms with van der Waals surface area (Å²) >= 11 is 0. The highest BCUT2D eigenvalue weighted by molar-refractivity contribution is 5.67. The third-order valence-corrected chi connectivity index (χ3v) is 2.95. The molecule has 0 aromatic heterocycles. The van der Waals surface area contributed by atoms with Gasteiger partial charge in [0.1, 0.15) is 6.10 Å². The summed E-state index contributed by atoms with van der Waals surface area (Å²) in [7, 11) is 0. The first-order chi connectivity index (χ1) is 9.13. The van der Waals surface area contributed by atoms with Crippen molar-refractivity contribution in [3.8, 4) is 5.75 Å². The molecule has 0 saturated heterocycles. The van der Waals surface area contributed by atoms with E-state index in [9.17, 15) is 14.3 Å². The number of carbonyl (C=O) groups excluding carboxylic acids is 1. The zero-order valence-electron chi connectivity index (χ0n) is 10.6. The van der Waals surface area contributed by atoms with Gasteiger partial charge in [-0.25, -0.2) is 9.18 Å². The van der Waals surface area contributed by atoms with Crippen LogP contribution in [0.25, 0.3) is 0 Å². The van der Waals surface area contributed by atoms with Crippen molar-refractivity contribution in [1.82, 2.24) is 5.32 Å². The molecule has 19 heavy (non-hydrogen) atoms. The summed E-state index contributed by atoms with van der Waals surface area (Å²) < 4.78 is 23.7. The molecule has 5 nitrogen and oxygen atoms in total. The fourth-order valence-electron chi connectivity index (χ4n) is 2.05. The molecule has 2 unspecified atom stereocenters. The molecule has 1 aromatic rings. The number of halogens is 1. The quantitative estimate of drug-likeness (QED) is 0.858. The average molecular weight is 269 g/mol. The Labute approximate surface area is 110 Å². The maximum Gasteiger partial charge on any atom is 0.407 e. The maximum absolute atomic E-state index is 13.6. The van der Waals surface area contributed by atoms with Gasteiger partial charge in [-0.05, 0) is 13.0 Å². The molecule has 2 N–H and O–H groups in total. The van der Waals surface area contributed by atoms with Crippen LogP contribution >= 0.6 is 0 Å². The van der Waals surface area contributed by atoms with Gasteiger partial charge in [0.15, 0.2) is 11.6 Å². The monoisotopic (exact) mass is 269 g/mol. The van der Waals surface area contributed by atoms with Crippen molar-refractivity contribution in [3.63, 3.8) is 0 Å². The van der Waals surface area contributed by atoms with Crippen LogP contribution in [-0.4, -0.2) is 30.5 Å². The fourth-order valence-corrected chi connectivity index (χ4v) is 2.05. The van der Waals surface area contributed by atoms with Crippen LogP contribution in [0.3, 0.4) is 0 Å². The first-order valence-corrected chi connectivity index (χ1v) is 6.16. The summed E-state index contributed by atoms with van der Waals surface area (Å²) in [6.45, 7) is 2.15. The van der Waals surface area contributed by atoms with Crippen molar-refractivity contribution in [3.05, 3.63) is 29.6 Å². The minimum atomic E-state index is -1.03. The van der Waals surface area contributed by atoms with Crippen LogP contribution in [0.4, 0.5) is 9.18 Å². The van der Waals surface area contributed by atoms with Gasteiger partial charge in [0, 0.05) is 12.0 Å². The lowest BCUT2D eigenvalue weighted by Gasteiger charge is -2.21. The van der Waals surface area contributed by atoms with Crippen molar-refractivity contribution in [2.24, 2.45) is 0 Å². The van der Waals surface area contributed by atoms with Gasteiger partial charge in [0.2, 0.25) is 0 Å². The van der Waals surface area contributed by atoms with Gasteiger partial charge in [-0.15, -0.1) is 0 Å². The number of para-hydroxylation sites is 1. The molecule has 104 valence electrons. The molecule has 0 bridgehead atoms. The summed E-state index contributed by atoms with van der Waals surface area (Å²) in [5, 5.41) is 12.8. The number of nitrogens with one attached hydrogen (secondary N) is 1. The molecule has 0 fully saturated rings. The normalized spacial score (nSPS) is 21.8. The summed E-state index contributed by atoms with van der Waals surface area (Å²) in [4.78, 5) is 11.4. The third kappa shape index (κ3) is 2.96. The molecule has 0 radical (unpaired) electrons. The molecule has 2 rings (SSSR count). The number of aliphatic hydroxyl groups excluding tert-OH is 1. The van der Waals surface area contributed by atoms with Gasteiger partial charge in [0.05, 0.1) is 19.3 Å². The molecule has 0 spiro atoms. The lowest BCUT2D eigenvalue weighted by Crippen LogP contribution is -2.39. The largest absolute Gasteiger partial charge is 0.490 e. The number of alkyl carbamates (subject to hydrolysis) is 1. The van der Waals surface area contributed by atoms with Crippen LogP contribution in [0, 0.1) is 5.82 Å². The Morgan fingerprint density at radius 3 is 3.16 bits per heavy atom. The van der Waals surface area contributed by atoms with Crippen molar-refractivity contribution in [2.75, 3.05) is 13.2 Å². The molecular formula is C13H16FNO4. The maximum atomic E-state index is 13.6. The average Bonchev–Trinajstić information content (AvgIpc) is 2.53. The van der Waals surface area contributed by atoms with E-state index in [0.717, 1.165) is 0 Å². The number of carbonyl (C=O) groups is 1. The van der Waals surface area contributed by atoms with E-state index in [-0.39, 0.29) is 19.0 Å². The van der Waals surface area contributed by atoms with E-state index in [0.29, 0.717) is 12.0 Å². The van der Waals surface area contributed by atoms with E-state index in [1.807, 2.05) is 0 Å². The van der Waals surface area contributed by atoms with E-state index in [4.69, 9.17) is 9.47 Å². The molecule has 1 heterocycles. The molecule has 1 aromatic carbocycles. The highest BCUT2D eigenvalue weighted by atomic mass is 19.1. The van der Waals surface area contributed by atoms with Gasteiger partial charge < -0.3 is 19.9 Å². The number of benzene rings is 1. The molecule has 6 heteroatoms. The summed E-state index contributed by atoms with van der Waals surface area (Å²) in [5.74, 6) is -0.475. The SMILES string of the molecule is CCOC(=O)NC1CCOc2c(F)cccc2C1O. The van der Waals surface area contributed by atoms with Crippen molar-refractivity contribution in [1.29, 1.82) is 0 Å². The van der Waals surface area contributed by atoms with E-state index in [2.05, 4.69) is 5.32 Å². The standard InChI is InChI=1S/C13H16FNO4/c1-2-18-13(17)15-10-6-7-19-12-8(11(10)16)4-3-5-9(12)14/h3-5,10-11,16H,2,6-7H2,1H3,(H,15,17). The lowest BCUT2D eigenvalue weighted by atomic mass is 10.0. The predicted molar refractivity (Wildman–Crippen MR) is 65.4 cm³/mol. The van der Waals surface area contributed by atoms with Crippen molar-refractivity contribution < 1.29 is 23.8 Å². The van der Waals surface area contributed by atoms with Crippen LogP contribution in [-0.2, 0) is 4.74 Å². The Balaban J connectivity index is 2.19. The van der Waals surface area contributed by atoms with Gasteiger partial charge in [-0.1, -0.05) is 12.1 Å². The van der Waals surface area contributed by atoms with Crippen LogP contribution in [0.1, 0.15) is 25.0 Å². The molecular weight excluding hydrogens is 253 g/mol. The molecule has 0 aliphatic carbocycles. The van der Waals surface area contributed by atoms with Crippen molar-refractivity contribution >= 4 is 6.09 Å². The van der Waals surface area contributed by atoms with Gasteiger partial charge in [0.25, 0.3) is 0 Å². The highest BCUT2D eigenvalue weighted by Crippen LogP contribution is 2.33. The van der Waals surface area contributed by atoms with E-state index >= 15 is 0 Å². The van der Waals surface area contributed by atoms with E-state index in [1.54, 1.807) is 13.0 Å². The van der Waals surface area contributed by atoms with Gasteiger partial charge in [-0.2, -0.15) is 0 Å². The smallest absolute Gasteiger partial charge is 0.407 e. The molecule has 2 atom stereocenters. The third-order valence-electron chi connectivity index (χ3n) is 2.95. The second-order valence-corrected chi connectivity index (χ2v) is 4.21. The fraction of sp³-hybridized carbons (Fsp3) is 0.462. The zero-order valence-corrected chi connectivity index (χ0v) is 10.6. The zero-order chi connectivity index (χ0) is 13.8. The first-order valence-electron chi connectivity index (χ1n) is 6.16.